The lowest BCUT2D eigenvalue weighted by atomic mass is 10.1. The Balaban J connectivity index is 1.38. The summed E-state index contributed by atoms with van der Waals surface area (Å²) in [6, 6.07) is 18.3. The minimum absolute atomic E-state index is 0.319. The Morgan fingerprint density at radius 2 is 1.82 bits per heavy atom. The van der Waals surface area contributed by atoms with Gasteiger partial charge in [0.05, 0.1) is 25.1 Å². The summed E-state index contributed by atoms with van der Waals surface area (Å²) in [4.78, 5) is 17.3. The molecule has 196 valence electrons. The number of ether oxygens (including phenoxy) is 2. The summed E-state index contributed by atoms with van der Waals surface area (Å²) in [5.74, 6) is 0.969. The Morgan fingerprint density at radius 1 is 1.08 bits per heavy atom. The molecule has 0 saturated heterocycles. The van der Waals surface area contributed by atoms with Gasteiger partial charge in [-0.1, -0.05) is 30.7 Å². The van der Waals surface area contributed by atoms with Crippen molar-refractivity contribution in [1.82, 2.24) is 10.4 Å². The molecule has 4 aromatic rings. The highest BCUT2D eigenvalue weighted by molar-refractivity contribution is 9.10. The van der Waals surface area contributed by atoms with Gasteiger partial charge in [-0.15, -0.1) is 11.3 Å². The van der Waals surface area contributed by atoms with E-state index in [-0.39, 0.29) is 5.91 Å². The molecule has 7 nitrogen and oxygen atoms in total. The SMILES string of the molecule is CCCOc1cc(Br)c(/C=N\NC(=O)c2ccc(-c3csc(Nc4ccc(Cl)cc4)n3)cc2)cc1OCC. The first-order chi connectivity index (χ1) is 18.5. The molecule has 0 saturated carbocycles. The molecular formula is C28H26BrClN4O3S. The van der Waals surface area contributed by atoms with Gasteiger partial charge in [0.25, 0.3) is 5.91 Å². The molecule has 1 aromatic heterocycles. The predicted octanol–water partition coefficient (Wildman–Crippen LogP) is 7.92. The van der Waals surface area contributed by atoms with Crippen LogP contribution in [0.5, 0.6) is 11.5 Å². The fourth-order valence-electron chi connectivity index (χ4n) is 3.38. The van der Waals surface area contributed by atoms with Crippen LogP contribution in [0.2, 0.25) is 5.02 Å². The number of carbonyl (C=O) groups is 1. The van der Waals surface area contributed by atoms with Crippen LogP contribution >= 0.6 is 38.9 Å². The lowest BCUT2D eigenvalue weighted by Gasteiger charge is -2.13. The molecule has 0 spiro atoms. The van der Waals surface area contributed by atoms with E-state index in [9.17, 15) is 4.79 Å². The minimum Gasteiger partial charge on any atom is -0.490 e. The van der Waals surface area contributed by atoms with Gasteiger partial charge >= 0.3 is 0 Å². The van der Waals surface area contributed by atoms with Gasteiger partial charge in [0.15, 0.2) is 16.6 Å². The van der Waals surface area contributed by atoms with Crippen molar-refractivity contribution in [1.29, 1.82) is 0 Å². The van der Waals surface area contributed by atoms with Crippen molar-refractivity contribution in [3.63, 3.8) is 0 Å². The van der Waals surface area contributed by atoms with Gasteiger partial charge in [-0.05, 0) is 77.8 Å². The van der Waals surface area contributed by atoms with Gasteiger partial charge in [0.2, 0.25) is 0 Å². The van der Waals surface area contributed by atoms with Crippen molar-refractivity contribution < 1.29 is 14.3 Å². The number of aromatic nitrogens is 1. The molecule has 4 rings (SSSR count). The van der Waals surface area contributed by atoms with Crippen molar-refractivity contribution in [3.05, 3.63) is 86.7 Å². The average molecular weight is 614 g/mol. The lowest BCUT2D eigenvalue weighted by molar-refractivity contribution is 0.0955. The zero-order valence-electron chi connectivity index (χ0n) is 20.8. The van der Waals surface area contributed by atoms with Crippen LogP contribution in [0.3, 0.4) is 0 Å². The highest BCUT2D eigenvalue weighted by Crippen LogP contribution is 2.33. The number of hydrazone groups is 1. The molecule has 38 heavy (non-hydrogen) atoms. The average Bonchev–Trinajstić information content (AvgIpc) is 3.39. The van der Waals surface area contributed by atoms with Gasteiger partial charge in [-0.3, -0.25) is 4.79 Å². The summed E-state index contributed by atoms with van der Waals surface area (Å²) >= 11 is 11.0. The third-order valence-electron chi connectivity index (χ3n) is 5.24. The summed E-state index contributed by atoms with van der Waals surface area (Å²) in [5, 5.41) is 10.8. The molecule has 0 unspecified atom stereocenters. The summed E-state index contributed by atoms with van der Waals surface area (Å²) < 4.78 is 12.2. The number of anilines is 2. The first kappa shape index (κ1) is 27.6. The number of amides is 1. The maximum atomic E-state index is 12.6. The van der Waals surface area contributed by atoms with Crippen LogP contribution in [0, 0.1) is 0 Å². The van der Waals surface area contributed by atoms with Crippen molar-refractivity contribution in [2.24, 2.45) is 5.10 Å². The molecule has 0 radical (unpaired) electrons. The standard InChI is InChI=1S/C28H26BrClN4O3S/c1-3-13-37-26-15-23(29)20(14-25(26)36-4-2)16-31-34-27(35)19-7-5-18(6-8-19)24-17-38-28(33-24)32-22-11-9-21(30)10-12-22/h5-12,14-17H,3-4,13H2,1-2H3,(H,32,33)(H,34,35)/b31-16-. The van der Waals surface area contributed by atoms with Gasteiger partial charge in [-0.25, -0.2) is 10.4 Å². The summed E-state index contributed by atoms with van der Waals surface area (Å²) in [7, 11) is 0. The van der Waals surface area contributed by atoms with Gasteiger partial charge in [-0.2, -0.15) is 5.10 Å². The van der Waals surface area contributed by atoms with E-state index in [0.29, 0.717) is 35.3 Å². The Hall–Kier alpha value is -3.40. The molecule has 0 aliphatic carbocycles. The molecule has 0 atom stereocenters. The Morgan fingerprint density at radius 3 is 2.53 bits per heavy atom. The van der Waals surface area contributed by atoms with Gasteiger partial charge in [0.1, 0.15) is 0 Å². The van der Waals surface area contributed by atoms with E-state index in [1.807, 2.05) is 67.8 Å². The van der Waals surface area contributed by atoms with Gasteiger partial charge < -0.3 is 14.8 Å². The lowest BCUT2D eigenvalue weighted by Crippen LogP contribution is -2.17. The number of rotatable bonds is 11. The number of benzene rings is 3. The number of hydrogen-bond acceptors (Lipinski definition) is 7. The Bertz CT molecular complexity index is 1410. The summed E-state index contributed by atoms with van der Waals surface area (Å²) in [5.41, 5.74) is 6.44. The smallest absolute Gasteiger partial charge is 0.271 e. The maximum absolute atomic E-state index is 12.6. The second-order valence-corrected chi connectivity index (χ2v) is 10.2. The van der Waals surface area contributed by atoms with Crippen LogP contribution in [-0.2, 0) is 0 Å². The van der Waals surface area contributed by atoms with Crippen molar-refractivity contribution >= 4 is 61.8 Å². The molecule has 3 aromatic carbocycles. The zero-order valence-corrected chi connectivity index (χ0v) is 24.0. The van der Waals surface area contributed by atoms with Crippen LogP contribution in [0.1, 0.15) is 36.2 Å². The third-order valence-corrected chi connectivity index (χ3v) is 6.93. The van der Waals surface area contributed by atoms with E-state index in [1.165, 1.54) is 11.3 Å². The zero-order chi connectivity index (χ0) is 26.9. The normalized spacial score (nSPS) is 10.9. The van der Waals surface area contributed by atoms with E-state index in [2.05, 4.69) is 36.8 Å². The fourth-order valence-corrected chi connectivity index (χ4v) is 4.67. The second kappa shape index (κ2) is 13.4. The highest BCUT2D eigenvalue weighted by Gasteiger charge is 2.11. The summed E-state index contributed by atoms with van der Waals surface area (Å²) in [6.07, 6.45) is 2.46. The first-order valence-corrected chi connectivity index (χ1v) is 14.0. The largest absolute Gasteiger partial charge is 0.490 e. The molecule has 10 heteroatoms. The fraction of sp³-hybridized carbons (Fsp3) is 0.179. The van der Waals surface area contributed by atoms with Crippen LogP contribution in [0.15, 0.2) is 75.6 Å². The molecule has 2 N–H and O–H groups in total. The number of nitrogens with zero attached hydrogens (tertiary/aromatic N) is 2. The topological polar surface area (TPSA) is 84.8 Å². The number of hydrogen-bond donors (Lipinski definition) is 2. The Kier molecular flexibility index (Phi) is 9.75. The van der Waals surface area contributed by atoms with E-state index >= 15 is 0 Å². The molecule has 0 fully saturated rings. The highest BCUT2D eigenvalue weighted by atomic mass is 79.9. The van der Waals surface area contributed by atoms with Crippen LogP contribution < -0.4 is 20.2 Å². The van der Waals surface area contributed by atoms with Crippen LogP contribution in [0.25, 0.3) is 11.3 Å². The predicted molar refractivity (Wildman–Crippen MR) is 158 cm³/mol. The van der Waals surface area contributed by atoms with Crippen LogP contribution in [-0.4, -0.2) is 30.3 Å². The number of nitrogens with one attached hydrogen (secondary N) is 2. The van der Waals surface area contributed by atoms with E-state index in [4.69, 9.17) is 21.1 Å². The molecular weight excluding hydrogens is 588 g/mol. The number of thiazole rings is 1. The quantitative estimate of drug-likeness (QED) is 0.133. The number of halogens is 2. The van der Waals surface area contributed by atoms with Crippen molar-refractivity contribution in [2.75, 3.05) is 18.5 Å². The molecule has 0 aliphatic rings. The van der Waals surface area contributed by atoms with E-state index in [0.717, 1.165) is 38.5 Å². The second-order valence-electron chi connectivity index (χ2n) is 8.05. The van der Waals surface area contributed by atoms with Crippen LogP contribution in [0.4, 0.5) is 10.8 Å². The monoisotopic (exact) mass is 612 g/mol. The van der Waals surface area contributed by atoms with Gasteiger partial charge in [0, 0.05) is 37.3 Å². The Labute approximate surface area is 239 Å². The molecule has 1 heterocycles. The summed E-state index contributed by atoms with van der Waals surface area (Å²) in [6.45, 7) is 5.06. The van der Waals surface area contributed by atoms with Crippen molar-refractivity contribution in [2.45, 2.75) is 20.3 Å². The molecule has 0 aliphatic heterocycles. The maximum Gasteiger partial charge on any atom is 0.271 e. The van der Waals surface area contributed by atoms with Crippen molar-refractivity contribution in [3.8, 4) is 22.8 Å². The van der Waals surface area contributed by atoms with E-state index in [1.54, 1.807) is 18.3 Å². The van der Waals surface area contributed by atoms with E-state index < -0.39 is 0 Å². The molecule has 0 bridgehead atoms. The number of carbonyl (C=O) groups excluding carboxylic acids is 1. The molecule has 1 amide bonds. The third kappa shape index (κ3) is 7.34. The minimum atomic E-state index is -0.319. The first-order valence-electron chi connectivity index (χ1n) is 12.0.